The van der Waals surface area contributed by atoms with E-state index in [0.717, 1.165) is 44.1 Å². The van der Waals surface area contributed by atoms with Gasteiger partial charge < -0.3 is 10.2 Å². The molecule has 0 aliphatic carbocycles. The molecule has 0 fully saturated rings. The second kappa shape index (κ2) is 10.7. The van der Waals surface area contributed by atoms with Gasteiger partial charge in [0.15, 0.2) is 0 Å². The van der Waals surface area contributed by atoms with Crippen LogP contribution in [0.4, 0.5) is 0 Å². The lowest BCUT2D eigenvalue weighted by Gasteiger charge is -2.23. The quantitative estimate of drug-likeness (QED) is 0.217. The standard InChI is InChI=1S/C19H34O2/c1-6-7-8-14-19(5,21)15-10-12-16(2)11-9-13-17(3)18(4)20/h11,13,20-21H,4,6-10,12,14-15H2,1-3,5H3/b16-11+,17-13+. The highest BCUT2D eigenvalue weighted by Gasteiger charge is 2.18. The van der Waals surface area contributed by atoms with Crippen molar-refractivity contribution >= 4 is 0 Å². The van der Waals surface area contributed by atoms with Crippen molar-refractivity contribution in [2.45, 2.75) is 84.7 Å². The molecular weight excluding hydrogens is 260 g/mol. The largest absolute Gasteiger partial charge is 0.508 e. The third kappa shape index (κ3) is 11.3. The van der Waals surface area contributed by atoms with Crippen LogP contribution >= 0.6 is 0 Å². The van der Waals surface area contributed by atoms with E-state index in [1.165, 1.54) is 18.4 Å². The third-order valence-corrected chi connectivity index (χ3v) is 3.95. The summed E-state index contributed by atoms with van der Waals surface area (Å²) >= 11 is 0. The number of rotatable bonds is 11. The van der Waals surface area contributed by atoms with E-state index in [1.807, 2.05) is 19.9 Å². The van der Waals surface area contributed by atoms with Crippen molar-refractivity contribution in [2.75, 3.05) is 0 Å². The molecule has 0 aliphatic rings. The maximum Gasteiger partial charge on any atom is 0.111 e. The molecule has 122 valence electrons. The Morgan fingerprint density at radius 3 is 2.29 bits per heavy atom. The predicted molar refractivity (Wildman–Crippen MR) is 92.5 cm³/mol. The molecule has 0 radical (unpaired) electrons. The SMILES string of the molecule is C=C(O)/C(C)=C/C/C=C(\C)CCCC(C)(O)CCCCC. The summed E-state index contributed by atoms with van der Waals surface area (Å²) < 4.78 is 0. The molecule has 1 unspecified atom stereocenters. The summed E-state index contributed by atoms with van der Waals surface area (Å²) in [6, 6.07) is 0. The van der Waals surface area contributed by atoms with Gasteiger partial charge in [-0.3, -0.25) is 0 Å². The first-order valence-electron chi connectivity index (χ1n) is 8.21. The Balaban J connectivity index is 3.99. The van der Waals surface area contributed by atoms with Gasteiger partial charge in [0, 0.05) is 0 Å². The summed E-state index contributed by atoms with van der Waals surface area (Å²) in [5, 5.41) is 19.5. The van der Waals surface area contributed by atoms with Crippen molar-refractivity contribution < 1.29 is 10.2 Å². The van der Waals surface area contributed by atoms with Crippen molar-refractivity contribution in [1.82, 2.24) is 0 Å². The lowest BCUT2D eigenvalue weighted by atomic mass is 9.91. The molecule has 2 N–H and O–H groups in total. The number of hydrogen-bond donors (Lipinski definition) is 2. The van der Waals surface area contributed by atoms with E-state index in [0.29, 0.717) is 0 Å². The molecule has 0 bridgehead atoms. The molecule has 21 heavy (non-hydrogen) atoms. The first-order valence-corrected chi connectivity index (χ1v) is 8.21. The van der Waals surface area contributed by atoms with Crippen molar-refractivity contribution in [3.63, 3.8) is 0 Å². The van der Waals surface area contributed by atoms with E-state index in [-0.39, 0.29) is 5.76 Å². The van der Waals surface area contributed by atoms with Gasteiger partial charge in [-0.25, -0.2) is 0 Å². The first-order chi connectivity index (χ1) is 9.78. The fraction of sp³-hybridized carbons (Fsp3) is 0.684. The Morgan fingerprint density at radius 2 is 1.71 bits per heavy atom. The van der Waals surface area contributed by atoms with Crippen molar-refractivity contribution in [3.8, 4) is 0 Å². The molecule has 0 saturated heterocycles. The summed E-state index contributed by atoms with van der Waals surface area (Å²) in [6.45, 7) is 11.6. The maximum atomic E-state index is 10.3. The van der Waals surface area contributed by atoms with Gasteiger partial charge in [0.2, 0.25) is 0 Å². The normalized spacial score (nSPS) is 15.9. The Labute approximate surface area is 131 Å². The number of hydrogen-bond acceptors (Lipinski definition) is 2. The van der Waals surface area contributed by atoms with Gasteiger partial charge in [-0.05, 0) is 58.4 Å². The van der Waals surface area contributed by atoms with Crippen LogP contribution in [0.3, 0.4) is 0 Å². The second-order valence-electron chi connectivity index (χ2n) is 6.43. The van der Waals surface area contributed by atoms with Crippen LogP contribution in [0.25, 0.3) is 0 Å². The fourth-order valence-electron chi connectivity index (χ4n) is 2.29. The van der Waals surface area contributed by atoms with Crippen LogP contribution < -0.4 is 0 Å². The number of aliphatic hydroxyl groups excluding tert-OH is 1. The molecule has 2 heteroatoms. The number of aliphatic hydroxyl groups is 2. The van der Waals surface area contributed by atoms with Crippen molar-refractivity contribution in [3.05, 3.63) is 35.6 Å². The van der Waals surface area contributed by atoms with Crippen LogP contribution in [0.1, 0.15) is 79.1 Å². The second-order valence-corrected chi connectivity index (χ2v) is 6.43. The maximum absolute atomic E-state index is 10.3. The lowest BCUT2D eigenvalue weighted by Crippen LogP contribution is -2.23. The fourth-order valence-corrected chi connectivity index (χ4v) is 2.29. The molecule has 0 aliphatic heterocycles. The monoisotopic (exact) mass is 294 g/mol. The zero-order chi connectivity index (χ0) is 16.3. The van der Waals surface area contributed by atoms with Gasteiger partial charge in [0.25, 0.3) is 0 Å². The molecule has 0 amide bonds. The van der Waals surface area contributed by atoms with Gasteiger partial charge in [0.1, 0.15) is 5.76 Å². The lowest BCUT2D eigenvalue weighted by molar-refractivity contribution is 0.0375. The first kappa shape index (κ1) is 20.0. The molecule has 0 heterocycles. The summed E-state index contributed by atoms with van der Waals surface area (Å²) in [7, 11) is 0. The Hall–Kier alpha value is -1.02. The molecule has 0 aromatic heterocycles. The smallest absolute Gasteiger partial charge is 0.111 e. The molecule has 0 saturated carbocycles. The minimum absolute atomic E-state index is 0.143. The molecular formula is C19H34O2. The van der Waals surface area contributed by atoms with E-state index in [4.69, 9.17) is 0 Å². The van der Waals surface area contributed by atoms with Crippen LogP contribution in [0, 0.1) is 0 Å². The predicted octanol–water partition coefficient (Wildman–Crippen LogP) is 5.84. The average molecular weight is 294 g/mol. The summed E-state index contributed by atoms with van der Waals surface area (Å²) in [5.41, 5.74) is 1.66. The average Bonchev–Trinajstić information content (AvgIpc) is 2.38. The number of allylic oxidation sites excluding steroid dienone is 4. The van der Waals surface area contributed by atoms with Crippen molar-refractivity contribution in [1.29, 1.82) is 0 Å². The Morgan fingerprint density at radius 1 is 1.10 bits per heavy atom. The highest BCUT2D eigenvalue weighted by Crippen LogP contribution is 2.22. The third-order valence-electron chi connectivity index (χ3n) is 3.95. The van der Waals surface area contributed by atoms with Gasteiger partial charge >= 0.3 is 0 Å². The van der Waals surface area contributed by atoms with E-state index in [2.05, 4.69) is 26.5 Å². The number of unbranched alkanes of at least 4 members (excludes halogenated alkanes) is 2. The molecule has 1 atom stereocenters. The molecule has 0 rings (SSSR count). The van der Waals surface area contributed by atoms with Crippen molar-refractivity contribution in [2.24, 2.45) is 0 Å². The minimum Gasteiger partial charge on any atom is -0.508 e. The zero-order valence-corrected chi connectivity index (χ0v) is 14.4. The zero-order valence-electron chi connectivity index (χ0n) is 14.4. The topological polar surface area (TPSA) is 40.5 Å². The van der Waals surface area contributed by atoms with E-state index in [9.17, 15) is 10.2 Å². The van der Waals surface area contributed by atoms with E-state index in [1.54, 1.807) is 0 Å². The van der Waals surface area contributed by atoms with Crippen LogP contribution in [-0.4, -0.2) is 15.8 Å². The molecule has 2 nitrogen and oxygen atoms in total. The van der Waals surface area contributed by atoms with Crippen LogP contribution in [0.5, 0.6) is 0 Å². The summed E-state index contributed by atoms with van der Waals surface area (Å²) in [5.74, 6) is 0.143. The van der Waals surface area contributed by atoms with Crippen LogP contribution in [0.15, 0.2) is 35.6 Å². The van der Waals surface area contributed by atoms with E-state index < -0.39 is 5.60 Å². The summed E-state index contributed by atoms with van der Waals surface area (Å²) in [6.07, 6.45) is 12.3. The minimum atomic E-state index is -0.513. The van der Waals surface area contributed by atoms with Crippen LogP contribution in [-0.2, 0) is 0 Å². The molecule has 0 aromatic rings. The van der Waals surface area contributed by atoms with Gasteiger partial charge in [0.05, 0.1) is 5.60 Å². The van der Waals surface area contributed by atoms with Crippen LogP contribution in [0.2, 0.25) is 0 Å². The highest BCUT2D eigenvalue weighted by molar-refractivity contribution is 5.20. The Bertz CT molecular complexity index is 362. The molecule has 0 spiro atoms. The van der Waals surface area contributed by atoms with Gasteiger partial charge in [-0.15, -0.1) is 0 Å². The van der Waals surface area contributed by atoms with E-state index >= 15 is 0 Å². The van der Waals surface area contributed by atoms with Gasteiger partial charge in [-0.1, -0.05) is 50.5 Å². The molecule has 0 aromatic carbocycles. The Kier molecular flexibility index (Phi) is 10.2. The van der Waals surface area contributed by atoms with Gasteiger partial charge in [-0.2, -0.15) is 0 Å². The summed E-state index contributed by atoms with van der Waals surface area (Å²) in [4.78, 5) is 0. The highest BCUT2D eigenvalue weighted by atomic mass is 16.3.